The Bertz CT molecular complexity index is 471. The fourth-order valence-corrected chi connectivity index (χ4v) is 4.83. The third kappa shape index (κ3) is 1.22. The highest BCUT2D eigenvalue weighted by Crippen LogP contribution is 2.55. The van der Waals surface area contributed by atoms with Crippen molar-refractivity contribution < 1.29 is 43.2 Å². The molecule has 1 heterocycles. The van der Waals surface area contributed by atoms with Gasteiger partial charge < -0.3 is 0 Å². The van der Waals surface area contributed by atoms with Crippen molar-refractivity contribution in [2.24, 2.45) is 0 Å². The minimum absolute atomic E-state index is 2.73. The van der Waals surface area contributed by atoms with Crippen LogP contribution in [0, 0.1) is 0 Å². The van der Waals surface area contributed by atoms with Gasteiger partial charge in [0, 0.05) is 0 Å². The second-order valence-corrected chi connectivity index (χ2v) is 7.38. The Morgan fingerprint density at radius 1 is 0.688 bits per heavy atom. The fraction of sp³-hybridized carbons (Fsp3) is 1.00. The fourth-order valence-electron chi connectivity index (χ4n) is 0.912. The summed E-state index contributed by atoms with van der Waals surface area (Å²) in [4.78, 5) is 0. The molecule has 0 aromatic carbocycles. The van der Waals surface area contributed by atoms with Crippen molar-refractivity contribution in [3.63, 3.8) is 0 Å². The summed E-state index contributed by atoms with van der Waals surface area (Å²) in [5.41, 5.74) is 0. The molecular weight excluding hydrogens is 290 g/mol. The van der Waals surface area contributed by atoms with Gasteiger partial charge in [0.1, 0.15) is 0 Å². The number of sulfone groups is 2. The first-order chi connectivity index (χ1) is 6.71. The van der Waals surface area contributed by atoms with Gasteiger partial charge >= 0.3 is 16.4 Å². The van der Waals surface area contributed by atoms with Crippen molar-refractivity contribution in [2.75, 3.05) is 5.08 Å². The van der Waals surface area contributed by atoms with Crippen LogP contribution in [0.3, 0.4) is 0 Å². The average Bonchev–Trinajstić information content (AvgIpc) is 1.98. The van der Waals surface area contributed by atoms with Gasteiger partial charge in [-0.25, -0.2) is 16.8 Å². The molecule has 0 saturated carbocycles. The third-order valence-electron chi connectivity index (χ3n) is 1.82. The summed E-state index contributed by atoms with van der Waals surface area (Å²) >= 11 is 0. The molecule has 12 heteroatoms. The van der Waals surface area contributed by atoms with Crippen LogP contribution < -0.4 is 0 Å². The molecular formula is C4H2F6O4S2. The van der Waals surface area contributed by atoms with E-state index in [0.717, 1.165) is 0 Å². The van der Waals surface area contributed by atoms with E-state index in [1.54, 1.807) is 0 Å². The van der Waals surface area contributed by atoms with Crippen molar-refractivity contribution in [1.82, 2.24) is 0 Å². The highest BCUT2D eigenvalue weighted by Gasteiger charge is 2.85. The largest absolute Gasteiger partial charge is 0.415 e. The highest BCUT2D eigenvalue weighted by molar-refractivity contribution is 8.09. The Balaban J connectivity index is 3.70. The summed E-state index contributed by atoms with van der Waals surface area (Å²) in [5, 5.41) is -15.0. The molecule has 1 fully saturated rings. The molecule has 1 rings (SSSR count). The molecule has 0 bridgehead atoms. The maximum Gasteiger partial charge on any atom is 0.415 e. The van der Waals surface area contributed by atoms with Crippen LogP contribution >= 0.6 is 0 Å². The molecule has 1 aliphatic rings. The lowest BCUT2D eigenvalue weighted by atomic mass is 10.3. The molecule has 16 heavy (non-hydrogen) atoms. The van der Waals surface area contributed by atoms with Gasteiger partial charge in [-0.15, -0.1) is 0 Å². The van der Waals surface area contributed by atoms with Crippen molar-refractivity contribution >= 4 is 19.7 Å². The Hall–Kier alpha value is -0.520. The highest BCUT2D eigenvalue weighted by atomic mass is 32.3. The van der Waals surface area contributed by atoms with Gasteiger partial charge in [0.05, 0.1) is 0 Å². The van der Waals surface area contributed by atoms with E-state index >= 15 is 0 Å². The van der Waals surface area contributed by atoms with Gasteiger partial charge in [-0.2, -0.15) is 26.3 Å². The van der Waals surface area contributed by atoms with Gasteiger partial charge in [0.2, 0.25) is 19.7 Å². The SMILES string of the molecule is O=S1(=O)CS(=O)(=O)C(F)(F)C(F)(F)C1(F)F. The van der Waals surface area contributed by atoms with Gasteiger partial charge in [-0.1, -0.05) is 0 Å². The van der Waals surface area contributed by atoms with E-state index in [4.69, 9.17) is 0 Å². The standard InChI is InChI=1S/C4H2F6O4S2/c5-2(6)3(7,8)15(11,12)1-16(13,14)4(2,9)10/h1H2. The number of hydrogen-bond donors (Lipinski definition) is 0. The van der Waals surface area contributed by atoms with Gasteiger partial charge in [0.25, 0.3) is 0 Å². The summed E-state index contributed by atoms with van der Waals surface area (Å²) in [6, 6.07) is 0. The first kappa shape index (κ1) is 13.5. The topological polar surface area (TPSA) is 68.3 Å². The summed E-state index contributed by atoms with van der Waals surface area (Å²) in [6.07, 6.45) is 0. The first-order valence-corrected chi connectivity index (χ1v) is 6.59. The molecule has 0 aromatic rings. The van der Waals surface area contributed by atoms with Crippen molar-refractivity contribution in [1.29, 1.82) is 0 Å². The summed E-state index contributed by atoms with van der Waals surface area (Å²) in [5.74, 6) is -6.50. The maximum atomic E-state index is 12.5. The maximum absolute atomic E-state index is 12.5. The third-order valence-corrected chi connectivity index (χ3v) is 6.38. The van der Waals surface area contributed by atoms with Crippen molar-refractivity contribution in [3.8, 4) is 0 Å². The van der Waals surface area contributed by atoms with Crippen LogP contribution in [0.25, 0.3) is 0 Å². The second kappa shape index (κ2) is 2.83. The molecule has 0 unspecified atom stereocenters. The van der Waals surface area contributed by atoms with Gasteiger partial charge in [0.15, 0.2) is 5.08 Å². The summed E-state index contributed by atoms with van der Waals surface area (Å²) in [7, 11) is -12.4. The Labute approximate surface area is 85.1 Å². The predicted molar refractivity (Wildman–Crippen MR) is 37.5 cm³/mol. The van der Waals surface area contributed by atoms with Crippen LogP contribution in [0.5, 0.6) is 0 Å². The zero-order valence-corrected chi connectivity index (χ0v) is 8.56. The van der Waals surface area contributed by atoms with Crippen LogP contribution in [-0.4, -0.2) is 38.4 Å². The normalized spacial score (nSPS) is 33.1. The first-order valence-electron chi connectivity index (χ1n) is 3.29. The number of hydrogen-bond acceptors (Lipinski definition) is 4. The van der Waals surface area contributed by atoms with E-state index in [2.05, 4.69) is 0 Å². The van der Waals surface area contributed by atoms with Crippen LogP contribution in [0.1, 0.15) is 0 Å². The molecule has 0 aliphatic carbocycles. The van der Waals surface area contributed by atoms with Crippen molar-refractivity contribution in [2.45, 2.75) is 16.4 Å². The van der Waals surface area contributed by atoms with E-state index in [9.17, 15) is 43.2 Å². The smallest absolute Gasteiger partial charge is 0.221 e. The Morgan fingerprint density at radius 3 is 1.19 bits per heavy atom. The van der Waals surface area contributed by atoms with Gasteiger partial charge in [-0.3, -0.25) is 0 Å². The van der Waals surface area contributed by atoms with Crippen LogP contribution in [-0.2, 0) is 19.7 Å². The quantitative estimate of drug-likeness (QED) is 0.613. The zero-order chi connectivity index (χ0) is 13.2. The van der Waals surface area contributed by atoms with E-state index < -0.39 is 41.2 Å². The Kier molecular flexibility index (Phi) is 2.40. The van der Waals surface area contributed by atoms with E-state index in [-0.39, 0.29) is 0 Å². The minimum atomic E-state index is -6.50. The predicted octanol–water partition coefficient (Wildman–Crippen LogP) is 0.608. The molecule has 0 radical (unpaired) electrons. The van der Waals surface area contributed by atoms with E-state index in [0.29, 0.717) is 0 Å². The average molecular weight is 292 g/mol. The summed E-state index contributed by atoms with van der Waals surface area (Å²) in [6.45, 7) is 0. The van der Waals surface area contributed by atoms with Crippen LogP contribution in [0.15, 0.2) is 0 Å². The van der Waals surface area contributed by atoms with Crippen molar-refractivity contribution in [3.05, 3.63) is 0 Å². The zero-order valence-electron chi connectivity index (χ0n) is 6.92. The van der Waals surface area contributed by atoms with Crippen LogP contribution in [0.2, 0.25) is 0 Å². The second-order valence-electron chi connectivity index (χ2n) is 2.96. The molecule has 0 atom stereocenters. The number of rotatable bonds is 0. The molecule has 0 amide bonds. The minimum Gasteiger partial charge on any atom is -0.221 e. The molecule has 0 spiro atoms. The lowest BCUT2D eigenvalue weighted by Crippen LogP contribution is -2.66. The molecule has 1 saturated heterocycles. The molecule has 4 nitrogen and oxygen atoms in total. The molecule has 0 N–H and O–H groups in total. The Morgan fingerprint density at radius 2 is 0.938 bits per heavy atom. The summed E-state index contributed by atoms with van der Waals surface area (Å²) < 4.78 is 117. The molecule has 0 aromatic heterocycles. The monoisotopic (exact) mass is 292 g/mol. The lowest BCUT2D eigenvalue weighted by Gasteiger charge is -2.35. The van der Waals surface area contributed by atoms with Gasteiger partial charge in [-0.05, 0) is 0 Å². The molecule has 1 aliphatic heterocycles. The number of halogens is 6. The lowest BCUT2D eigenvalue weighted by molar-refractivity contribution is -0.245. The van der Waals surface area contributed by atoms with E-state index in [1.165, 1.54) is 0 Å². The molecule has 96 valence electrons. The van der Waals surface area contributed by atoms with Crippen LogP contribution in [0.4, 0.5) is 26.3 Å². The van der Waals surface area contributed by atoms with E-state index in [1.807, 2.05) is 0 Å². The number of alkyl halides is 6.